The van der Waals surface area contributed by atoms with Gasteiger partial charge in [-0.2, -0.15) is 0 Å². The van der Waals surface area contributed by atoms with Gasteiger partial charge in [-0.25, -0.2) is 9.98 Å². The Hall–Kier alpha value is -2.63. The molecule has 0 aliphatic heterocycles. The minimum absolute atomic E-state index is 0.0610. The van der Waals surface area contributed by atoms with Gasteiger partial charge in [0.2, 0.25) is 5.88 Å². The molecule has 1 aliphatic rings. The summed E-state index contributed by atoms with van der Waals surface area (Å²) >= 11 is 0. The summed E-state index contributed by atoms with van der Waals surface area (Å²) in [5.41, 5.74) is 3.13. The van der Waals surface area contributed by atoms with E-state index in [4.69, 9.17) is 4.74 Å². The van der Waals surface area contributed by atoms with Crippen molar-refractivity contribution >= 4 is 12.6 Å². The van der Waals surface area contributed by atoms with E-state index in [9.17, 15) is 4.79 Å². The highest BCUT2D eigenvalue weighted by atomic mass is 16.5. The van der Waals surface area contributed by atoms with Gasteiger partial charge in [-0.15, -0.1) is 0 Å². The highest BCUT2D eigenvalue weighted by molar-refractivity contribution is 5.98. The predicted octanol–water partition coefficient (Wildman–Crippen LogP) is 3.12. The molecule has 1 heterocycles. The summed E-state index contributed by atoms with van der Waals surface area (Å²) in [6, 6.07) is 5.46. The number of methoxy groups -OCH3 is 1. The molecule has 1 aromatic rings. The highest BCUT2D eigenvalue weighted by Crippen LogP contribution is 2.36. The number of amides is 1. The molecule has 0 bridgehead atoms. The van der Waals surface area contributed by atoms with Crippen molar-refractivity contribution in [2.45, 2.75) is 52.6 Å². The van der Waals surface area contributed by atoms with Crippen LogP contribution in [0.4, 0.5) is 0 Å². The van der Waals surface area contributed by atoms with E-state index in [2.05, 4.69) is 34.3 Å². The van der Waals surface area contributed by atoms with Crippen LogP contribution >= 0.6 is 0 Å². The summed E-state index contributed by atoms with van der Waals surface area (Å²) in [5, 5.41) is 6.33. The number of aromatic nitrogens is 1. The second kappa shape index (κ2) is 8.17. The average molecular weight is 356 g/mol. The number of aliphatic imine (C=N–C) groups is 1. The van der Waals surface area contributed by atoms with Crippen LogP contribution in [0, 0.1) is 0 Å². The fraction of sp³-hybridized carbons (Fsp3) is 0.450. The fourth-order valence-electron chi connectivity index (χ4n) is 2.67. The average Bonchev–Trinajstić information content (AvgIpc) is 3.35. The Morgan fingerprint density at radius 2 is 2.04 bits per heavy atom. The third-order valence-electron chi connectivity index (χ3n) is 4.46. The van der Waals surface area contributed by atoms with Crippen LogP contribution in [0.15, 0.2) is 45.7 Å². The van der Waals surface area contributed by atoms with Crippen LogP contribution in [-0.4, -0.2) is 30.3 Å². The molecule has 6 nitrogen and oxygen atoms in total. The molecule has 1 amide bonds. The third-order valence-corrected chi connectivity index (χ3v) is 4.46. The Morgan fingerprint density at radius 3 is 2.58 bits per heavy atom. The van der Waals surface area contributed by atoms with Crippen molar-refractivity contribution < 1.29 is 9.53 Å². The first-order valence-electron chi connectivity index (χ1n) is 8.71. The van der Waals surface area contributed by atoms with Gasteiger partial charge >= 0.3 is 0 Å². The number of pyridine rings is 1. The summed E-state index contributed by atoms with van der Waals surface area (Å²) in [6.45, 7) is 11.9. The minimum atomic E-state index is -0.156. The number of hydrogen-bond donors (Lipinski definition) is 2. The molecule has 6 heteroatoms. The standard InChI is InChI=1S/C20H28N4O2/c1-13(2)17(14(3)18(21-5)24-20(4)10-11-20)19(25)22-12-15-8-7-9-16(23-15)26-6/h7-9,24H,5,10-12H2,1-4,6H3,(H,22,25)/b18-14-. The van der Waals surface area contributed by atoms with E-state index in [0.717, 1.165) is 29.7 Å². The topological polar surface area (TPSA) is 75.6 Å². The molecule has 1 saturated carbocycles. The molecule has 0 unspecified atom stereocenters. The fourth-order valence-corrected chi connectivity index (χ4v) is 2.67. The predicted molar refractivity (Wildman–Crippen MR) is 104 cm³/mol. The van der Waals surface area contributed by atoms with E-state index in [0.29, 0.717) is 23.8 Å². The zero-order valence-corrected chi connectivity index (χ0v) is 16.3. The number of nitrogens with one attached hydrogen (secondary N) is 2. The van der Waals surface area contributed by atoms with Gasteiger partial charge in [0.05, 0.1) is 19.3 Å². The Bertz CT molecular complexity index is 757. The molecule has 1 aliphatic carbocycles. The van der Waals surface area contributed by atoms with E-state index in [-0.39, 0.29) is 11.4 Å². The molecule has 2 N–H and O–H groups in total. The number of ether oxygens (including phenoxy) is 1. The second-order valence-corrected chi connectivity index (χ2v) is 7.05. The molecule has 0 spiro atoms. The maximum Gasteiger partial charge on any atom is 0.251 e. The van der Waals surface area contributed by atoms with Gasteiger partial charge in [-0.05, 0) is 53.3 Å². The van der Waals surface area contributed by atoms with Crippen molar-refractivity contribution in [3.05, 3.63) is 46.4 Å². The SMILES string of the molecule is C=N/C(NC1(C)CC1)=C(\C)C(C(=O)NCc1cccc(OC)n1)=C(C)C. The molecule has 0 aromatic carbocycles. The maximum absolute atomic E-state index is 12.8. The monoisotopic (exact) mass is 356 g/mol. The van der Waals surface area contributed by atoms with Gasteiger partial charge in [0.25, 0.3) is 5.91 Å². The molecule has 1 fully saturated rings. The number of allylic oxidation sites excluding steroid dienone is 1. The summed E-state index contributed by atoms with van der Waals surface area (Å²) in [5.74, 6) is 1.03. The van der Waals surface area contributed by atoms with Gasteiger partial charge < -0.3 is 15.4 Å². The number of carbonyl (C=O) groups excluding carboxylic acids is 1. The van der Waals surface area contributed by atoms with Crippen LogP contribution in [0.2, 0.25) is 0 Å². The number of rotatable bonds is 8. The lowest BCUT2D eigenvalue weighted by Crippen LogP contribution is -2.30. The normalized spacial score (nSPS) is 15.4. The molecule has 1 aromatic heterocycles. The lowest BCUT2D eigenvalue weighted by molar-refractivity contribution is -0.117. The Balaban J connectivity index is 2.16. The van der Waals surface area contributed by atoms with Crippen molar-refractivity contribution in [2.75, 3.05) is 7.11 Å². The molecule has 26 heavy (non-hydrogen) atoms. The molecule has 0 radical (unpaired) electrons. The summed E-state index contributed by atoms with van der Waals surface area (Å²) in [6.07, 6.45) is 2.19. The minimum Gasteiger partial charge on any atom is -0.481 e. The van der Waals surface area contributed by atoms with Gasteiger partial charge in [0, 0.05) is 22.8 Å². The second-order valence-electron chi connectivity index (χ2n) is 7.05. The molecule has 140 valence electrons. The van der Waals surface area contributed by atoms with Crippen molar-refractivity contribution in [3.8, 4) is 5.88 Å². The van der Waals surface area contributed by atoms with Crippen LogP contribution < -0.4 is 15.4 Å². The number of hydrogen-bond acceptors (Lipinski definition) is 5. The molecule has 0 saturated heterocycles. The summed E-state index contributed by atoms with van der Waals surface area (Å²) < 4.78 is 5.12. The van der Waals surface area contributed by atoms with Crippen LogP contribution in [0.5, 0.6) is 5.88 Å². The van der Waals surface area contributed by atoms with E-state index in [1.165, 1.54) is 0 Å². The van der Waals surface area contributed by atoms with Crippen LogP contribution in [0.25, 0.3) is 0 Å². The van der Waals surface area contributed by atoms with Gasteiger partial charge in [-0.3, -0.25) is 4.79 Å². The van der Waals surface area contributed by atoms with Crippen molar-refractivity contribution in [1.29, 1.82) is 0 Å². The van der Waals surface area contributed by atoms with E-state index in [1.54, 1.807) is 13.2 Å². The number of carbonyl (C=O) groups is 1. The Labute approximate surface area is 155 Å². The van der Waals surface area contributed by atoms with E-state index >= 15 is 0 Å². The molecule has 0 atom stereocenters. The van der Waals surface area contributed by atoms with Crippen molar-refractivity contribution in [2.24, 2.45) is 4.99 Å². The lowest BCUT2D eigenvalue weighted by atomic mass is 10.0. The highest BCUT2D eigenvalue weighted by Gasteiger charge is 2.38. The van der Waals surface area contributed by atoms with Crippen LogP contribution in [-0.2, 0) is 11.3 Å². The largest absolute Gasteiger partial charge is 0.481 e. The first-order chi connectivity index (χ1) is 12.3. The maximum atomic E-state index is 12.8. The van der Waals surface area contributed by atoms with Crippen LogP contribution in [0.3, 0.4) is 0 Å². The Kier molecular flexibility index (Phi) is 6.18. The van der Waals surface area contributed by atoms with Crippen LogP contribution in [0.1, 0.15) is 46.2 Å². The molecule has 2 rings (SSSR count). The zero-order valence-electron chi connectivity index (χ0n) is 16.3. The van der Waals surface area contributed by atoms with E-state index < -0.39 is 0 Å². The van der Waals surface area contributed by atoms with Crippen molar-refractivity contribution in [3.63, 3.8) is 0 Å². The van der Waals surface area contributed by atoms with Crippen molar-refractivity contribution in [1.82, 2.24) is 15.6 Å². The van der Waals surface area contributed by atoms with E-state index in [1.807, 2.05) is 32.9 Å². The molecular formula is C20H28N4O2. The smallest absolute Gasteiger partial charge is 0.251 e. The molecular weight excluding hydrogens is 328 g/mol. The van der Waals surface area contributed by atoms with Gasteiger partial charge in [-0.1, -0.05) is 11.6 Å². The summed E-state index contributed by atoms with van der Waals surface area (Å²) in [4.78, 5) is 21.2. The quantitative estimate of drug-likeness (QED) is 0.426. The van der Waals surface area contributed by atoms with Gasteiger partial charge in [0.15, 0.2) is 0 Å². The summed E-state index contributed by atoms with van der Waals surface area (Å²) in [7, 11) is 1.57. The first-order valence-corrected chi connectivity index (χ1v) is 8.71. The third kappa shape index (κ3) is 4.94. The Morgan fingerprint density at radius 1 is 1.35 bits per heavy atom. The first kappa shape index (κ1) is 19.7. The lowest BCUT2D eigenvalue weighted by Gasteiger charge is -2.18. The number of nitrogens with zero attached hydrogens (tertiary/aromatic N) is 2. The van der Waals surface area contributed by atoms with Gasteiger partial charge in [0.1, 0.15) is 5.82 Å². The zero-order chi connectivity index (χ0) is 19.3.